The van der Waals surface area contributed by atoms with E-state index >= 15 is 0 Å². The fraction of sp³-hybridized carbons (Fsp3) is 0.571. The van der Waals surface area contributed by atoms with E-state index in [2.05, 4.69) is 13.8 Å². The van der Waals surface area contributed by atoms with Crippen LogP contribution >= 0.6 is 23.4 Å². The van der Waals surface area contributed by atoms with Gasteiger partial charge in [0.2, 0.25) is 0 Å². The molecule has 0 fully saturated rings. The summed E-state index contributed by atoms with van der Waals surface area (Å²) in [5.41, 5.74) is 0. The molecule has 1 rings (SSSR count). The molecule has 0 bridgehead atoms. The number of benzene rings is 1. The third-order valence-electron chi connectivity index (χ3n) is 2.57. The lowest BCUT2D eigenvalue weighted by molar-refractivity contribution is 0.183. The fourth-order valence-corrected chi connectivity index (χ4v) is 2.57. The van der Waals surface area contributed by atoms with Gasteiger partial charge in [-0.05, 0) is 36.6 Å². The highest BCUT2D eigenvalue weighted by molar-refractivity contribution is 7.99. The number of hydrogen-bond acceptors (Lipinski definition) is 2. The van der Waals surface area contributed by atoms with Gasteiger partial charge >= 0.3 is 0 Å². The summed E-state index contributed by atoms with van der Waals surface area (Å²) >= 11 is 7.50. The predicted octanol–water partition coefficient (Wildman–Crippen LogP) is 4.62. The molecule has 0 aromatic heterocycles. The second-order valence-electron chi connectivity index (χ2n) is 4.74. The molecular formula is C14H21ClOS. The van der Waals surface area contributed by atoms with Crippen LogP contribution in [0.5, 0.6) is 0 Å². The maximum atomic E-state index is 9.83. The highest BCUT2D eigenvalue weighted by atomic mass is 35.5. The highest BCUT2D eigenvalue weighted by Gasteiger charge is 2.05. The van der Waals surface area contributed by atoms with Crippen LogP contribution in [0.25, 0.3) is 0 Å². The second kappa shape index (κ2) is 8.02. The van der Waals surface area contributed by atoms with Gasteiger partial charge in [-0.25, -0.2) is 0 Å². The van der Waals surface area contributed by atoms with Crippen LogP contribution in [0.3, 0.4) is 0 Å². The Hall–Kier alpha value is -0.180. The van der Waals surface area contributed by atoms with E-state index in [0.29, 0.717) is 0 Å². The Balaban J connectivity index is 2.19. The molecule has 0 spiro atoms. The molecule has 96 valence electrons. The Morgan fingerprint density at radius 2 is 1.82 bits per heavy atom. The fourth-order valence-electron chi connectivity index (χ4n) is 1.57. The van der Waals surface area contributed by atoms with Crippen molar-refractivity contribution in [1.29, 1.82) is 0 Å². The zero-order valence-corrected chi connectivity index (χ0v) is 12.1. The number of thioether (sulfide) groups is 1. The van der Waals surface area contributed by atoms with Gasteiger partial charge in [0.1, 0.15) is 0 Å². The summed E-state index contributed by atoms with van der Waals surface area (Å²) in [6.07, 6.45) is 3.01. The summed E-state index contributed by atoms with van der Waals surface area (Å²) < 4.78 is 0. The molecule has 3 heteroatoms. The molecule has 1 N–H and O–H groups in total. The topological polar surface area (TPSA) is 20.2 Å². The molecule has 0 aliphatic carbocycles. The molecule has 1 nitrogen and oxygen atoms in total. The van der Waals surface area contributed by atoms with E-state index in [1.54, 1.807) is 11.8 Å². The third kappa shape index (κ3) is 6.97. The van der Waals surface area contributed by atoms with Crippen molar-refractivity contribution in [2.75, 3.05) is 5.75 Å². The highest BCUT2D eigenvalue weighted by Crippen LogP contribution is 2.22. The van der Waals surface area contributed by atoms with E-state index in [0.717, 1.165) is 34.4 Å². The molecule has 0 aliphatic heterocycles. The van der Waals surface area contributed by atoms with Crippen molar-refractivity contribution in [2.45, 2.75) is 44.1 Å². The van der Waals surface area contributed by atoms with Gasteiger partial charge < -0.3 is 5.11 Å². The van der Waals surface area contributed by atoms with Crippen molar-refractivity contribution < 1.29 is 5.11 Å². The van der Waals surface area contributed by atoms with Gasteiger partial charge in [-0.2, -0.15) is 0 Å². The summed E-state index contributed by atoms with van der Waals surface area (Å²) in [5.74, 6) is 1.49. The quantitative estimate of drug-likeness (QED) is 0.731. The van der Waals surface area contributed by atoms with Gasteiger partial charge in [-0.1, -0.05) is 38.3 Å². The number of aliphatic hydroxyl groups excluding tert-OH is 1. The van der Waals surface area contributed by atoms with E-state index in [1.165, 1.54) is 6.42 Å². The minimum Gasteiger partial charge on any atom is -0.392 e. The SMILES string of the molecule is CC(C)CCCC(O)CSc1ccc(Cl)cc1. The van der Waals surface area contributed by atoms with Crippen LogP contribution < -0.4 is 0 Å². The van der Waals surface area contributed by atoms with Crippen molar-refractivity contribution in [2.24, 2.45) is 5.92 Å². The Labute approximate surface area is 114 Å². The molecule has 1 aromatic rings. The van der Waals surface area contributed by atoms with Gasteiger partial charge in [0.25, 0.3) is 0 Å². The normalized spacial score (nSPS) is 13.0. The maximum absolute atomic E-state index is 9.83. The van der Waals surface area contributed by atoms with Crippen LogP contribution in [0.4, 0.5) is 0 Å². The lowest BCUT2D eigenvalue weighted by Crippen LogP contribution is -2.09. The van der Waals surface area contributed by atoms with Crippen molar-refractivity contribution in [1.82, 2.24) is 0 Å². The Bertz CT molecular complexity index is 311. The van der Waals surface area contributed by atoms with E-state index in [1.807, 2.05) is 24.3 Å². The van der Waals surface area contributed by atoms with Gasteiger partial charge in [-0.3, -0.25) is 0 Å². The first-order valence-electron chi connectivity index (χ1n) is 6.14. The molecule has 17 heavy (non-hydrogen) atoms. The maximum Gasteiger partial charge on any atom is 0.0634 e. The molecule has 0 saturated carbocycles. The average molecular weight is 273 g/mol. The van der Waals surface area contributed by atoms with Crippen molar-refractivity contribution >= 4 is 23.4 Å². The molecule has 1 aromatic carbocycles. The summed E-state index contributed by atoms with van der Waals surface area (Å²) in [5, 5.41) is 10.6. The average Bonchev–Trinajstić information content (AvgIpc) is 2.28. The van der Waals surface area contributed by atoms with Gasteiger partial charge in [0.05, 0.1) is 6.10 Å². The largest absolute Gasteiger partial charge is 0.392 e. The summed E-state index contributed by atoms with van der Waals surface area (Å²) in [6, 6.07) is 7.76. The molecule has 0 amide bonds. The molecule has 1 atom stereocenters. The lowest BCUT2D eigenvalue weighted by atomic mass is 10.1. The molecular weight excluding hydrogens is 252 g/mol. The van der Waals surface area contributed by atoms with Gasteiger partial charge in [-0.15, -0.1) is 11.8 Å². The zero-order chi connectivity index (χ0) is 12.7. The van der Waals surface area contributed by atoms with Crippen molar-refractivity contribution in [3.63, 3.8) is 0 Å². The van der Waals surface area contributed by atoms with Crippen LogP contribution in [-0.4, -0.2) is 17.0 Å². The standard InChI is InChI=1S/C14H21ClOS/c1-11(2)4-3-5-13(16)10-17-14-8-6-12(15)7-9-14/h6-9,11,13,16H,3-5,10H2,1-2H3. The lowest BCUT2D eigenvalue weighted by Gasteiger charge is -2.11. The van der Waals surface area contributed by atoms with E-state index in [4.69, 9.17) is 11.6 Å². The van der Waals surface area contributed by atoms with Crippen LogP contribution in [0, 0.1) is 5.92 Å². The van der Waals surface area contributed by atoms with Crippen LogP contribution in [0.1, 0.15) is 33.1 Å². The number of rotatable bonds is 7. The molecule has 1 unspecified atom stereocenters. The number of hydrogen-bond donors (Lipinski definition) is 1. The zero-order valence-electron chi connectivity index (χ0n) is 10.5. The Morgan fingerprint density at radius 3 is 2.41 bits per heavy atom. The first-order valence-corrected chi connectivity index (χ1v) is 7.50. The number of halogens is 1. The molecule has 0 aliphatic rings. The van der Waals surface area contributed by atoms with Crippen molar-refractivity contribution in [3.8, 4) is 0 Å². The Morgan fingerprint density at radius 1 is 1.18 bits per heavy atom. The molecule has 0 heterocycles. The summed E-state index contributed by atoms with van der Waals surface area (Å²) in [4.78, 5) is 1.16. The van der Waals surface area contributed by atoms with Crippen LogP contribution in [0.2, 0.25) is 5.02 Å². The molecule has 0 saturated heterocycles. The predicted molar refractivity (Wildman–Crippen MR) is 76.9 cm³/mol. The second-order valence-corrected chi connectivity index (χ2v) is 6.27. The van der Waals surface area contributed by atoms with Crippen LogP contribution in [0.15, 0.2) is 29.2 Å². The summed E-state index contributed by atoms with van der Waals surface area (Å²) in [7, 11) is 0. The number of aliphatic hydroxyl groups is 1. The van der Waals surface area contributed by atoms with Crippen LogP contribution in [-0.2, 0) is 0 Å². The summed E-state index contributed by atoms with van der Waals surface area (Å²) in [6.45, 7) is 4.43. The molecule has 0 radical (unpaired) electrons. The first kappa shape index (κ1) is 14.9. The minimum atomic E-state index is -0.200. The Kier molecular flexibility index (Phi) is 7.02. The third-order valence-corrected chi connectivity index (χ3v) is 3.98. The van der Waals surface area contributed by atoms with Crippen molar-refractivity contribution in [3.05, 3.63) is 29.3 Å². The monoisotopic (exact) mass is 272 g/mol. The van der Waals surface area contributed by atoms with Gasteiger partial charge in [0.15, 0.2) is 0 Å². The van der Waals surface area contributed by atoms with E-state index in [9.17, 15) is 5.11 Å². The van der Waals surface area contributed by atoms with E-state index in [-0.39, 0.29) is 6.10 Å². The van der Waals surface area contributed by atoms with Gasteiger partial charge in [0, 0.05) is 15.7 Å². The minimum absolute atomic E-state index is 0.200. The smallest absolute Gasteiger partial charge is 0.0634 e. The first-order chi connectivity index (χ1) is 8.08. The van der Waals surface area contributed by atoms with E-state index < -0.39 is 0 Å².